The van der Waals surface area contributed by atoms with E-state index in [1.807, 2.05) is 4.90 Å². The molecule has 1 fully saturated rings. The number of nitrogens with one attached hydrogen (secondary N) is 1. The largest absolute Gasteiger partial charge is 0.481 e. The van der Waals surface area contributed by atoms with E-state index in [1.54, 1.807) is 6.92 Å². The fraction of sp³-hybridized carbons (Fsp3) is 0.909. The van der Waals surface area contributed by atoms with Crippen LogP contribution in [-0.2, 0) is 28.7 Å². The van der Waals surface area contributed by atoms with Crippen LogP contribution in [0.2, 0.25) is 0 Å². The molecule has 1 aliphatic rings. The van der Waals surface area contributed by atoms with Gasteiger partial charge < -0.3 is 45.6 Å². The third kappa shape index (κ3) is 71.7. The smallest absolute Gasteiger partial charge is 0.407 e. The Hall–Kier alpha value is -2.97. The average molecular weight is 992 g/mol. The Morgan fingerprint density at radius 2 is 1.00 bits per heavy atom. The van der Waals surface area contributed by atoms with Crippen molar-refractivity contribution in [3.63, 3.8) is 0 Å². The molecule has 1 heterocycles. The maximum atomic E-state index is 11.8. The number of aliphatic carboxylic acids is 2. The summed E-state index contributed by atoms with van der Waals surface area (Å²) in [5, 5.41) is 28.5. The quantitative estimate of drug-likeness (QED) is 0.0769. The number of nitrogens with two attached hydrogens (primary N) is 1. The zero-order chi connectivity index (χ0) is 55.5. The summed E-state index contributed by atoms with van der Waals surface area (Å²) in [5.74, 6) is -1.77. The van der Waals surface area contributed by atoms with Crippen LogP contribution in [0.25, 0.3) is 0 Å². The van der Waals surface area contributed by atoms with Crippen molar-refractivity contribution < 1.29 is 48.8 Å². The zero-order valence-electron chi connectivity index (χ0n) is 49.0. The minimum Gasteiger partial charge on any atom is -0.481 e. The predicted octanol–water partition coefficient (Wildman–Crippen LogP) is 12.1. The van der Waals surface area contributed by atoms with E-state index in [0.717, 1.165) is 84.0 Å². The lowest BCUT2D eigenvalue weighted by Crippen LogP contribution is -2.47. The Balaban J connectivity index is -0.000000249. The lowest BCUT2D eigenvalue weighted by molar-refractivity contribution is -0.141. The number of methoxy groups -OCH3 is 1. The van der Waals surface area contributed by atoms with Gasteiger partial charge in [0, 0.05) is 52.7 Å². The van der Waals surface area contributed by atoms with Crippen molar-refractivity contribution in [2.75, 3.05) is 60.2 Å². The first-order valence-electron chi connectivity index (χ1n) is 25.7. The van der Waals surface area contributed by atoms with Crippen LogP contribution < -0.4 is 11.1 Å². The number of hydrogen-bond donors (Lipinski definition) is 5. The highest BCUT2D eigenvalue weighted by Crippen LogP contribution is 2.25. The van der Waals surface area contributed by atoms with Gasteiger partial charge in [-0.3, -0.25) is 14.4 Å². The van der Waals surface area contributed by atoms with Crippen LogP contribution in [-0.4, -0.2) is 121 Å². The van der Waals surface area contributed by atoms with Gasteiger partial charge in [0.15, 0.2) is 0 Å². The van der Waals surface area contributed by atoms with Crippen molar-refractivity contribution >= 4 is 29.8 Å². The molecule has 6 N–H and O–H groups in total. The molecule has 69 heavy (non-hydrogen) atoms. The van der Waals surface area contributed by atoms with E-state index in [2.05, 4.69) is 149 Å². The summed E-state index contributed by atoms with van der Waals surface area (Å²) >= 11 is 0. The molecule has 414 valence electrons. The van der Waals surface area contributed by atoms with E-state index in [1.165, 1.54) is 13.5 Å². The number of amides is 3. The number of hydrogen-bond acceptors (Lipinski definition) is 9. The molecule has 0 aliphatic carbocycles. The number of primary amides is 1. The number of nitrogens with zero attached hydrogens (tertiary/aromatic N) is 2. The molecule has 0 aromatic heterocycles. The Morgan fingerprint density at radius 1 is 0.594 bits per heavy atom. The predicted molar refractivity (Wildman–Crippen MR) is 287 cm³/mol. The van der Waals surface area contributed by atoms with Gasteiger partial charge >= 0.3 is 18.0 Å². The molecule has 14 heteroatoms. The topological polar surface area (TPSA) is 209 Å². The fourth-order valence-electron chi connectivity index (χ4n) is 5.64. The highest BCUT2D eigenvalue weighted by atomic mass is 16.6. The monoisotopic (exact) mass is 991 g/mol. The molecule has 0 radical (unpaired) electrons. The maximum absolute atomic E-state index is 11.8. The number of aliphatic hydroxyl groups is 1. The molecule has 1 rings (SSSR count). The number of likely N-dealkylation sites (N-methyl/N-ethyl adjacent to an activating group) is 1. The first-order valence-corrected chi connectivity index (χ1v) is 25.7. The number of piperazine rings is 1. The summed E-state index contributed by atoms with van der Waals surface area (Å²) in [7, 11) is 3.60. The lowest BCUT2D eigenvalue weighted by Gasteiger charge is -2.34. The molecule has 14 nitrogen and oxygen atoms in total. The molecule has 0 unspecified atom stereocenters. The number of alkyl carbamates (subject to hydrolysis) is 1. The molecule has 0 aromatic carbocycles. The normalized spacial score (nSPS) is 14.2. The Bertz CT molecular complexity index is 1320. The summed E-state index contributed by atoms with van der Waals surface area (Å²) < 4.78 is 9.52. The summed E-state index contributed by atoms with van der Waals surface area (Å²) in [6, 6.07) is -0.898. The molecule has 1 aliphatic heterocycles. The first-order chi connectivity index (χ1) is 30.9. The Labute approximate surface area is 424 Å². The van der Waals surface area contributed by atoms with Crippen LogP contribution in [0.1, 0.15) is 222 Å². The van der Waals surface area contributed by atoms with Crippen LogP contribution in [0.15, 0.2) is 0 Å². The van der Waals surface area contributed by atoms with Gasteiger partial charge in [-0.05, 0) is 84.5 Å². The van der Waals surface area contributed by atoms with E-state index in [0.29, 0.717) is 53.4 Å². The van der Waals surface area contributed by atoms with Crippen LogP contribution in [0.3, 0.4) is 0 Å². The van der Waals surface area contributed by atoms with Gasteiger partial charge in [0.2, 0.25) is 11.8 Å². The van der Waals surface area contributed by atoms with Gasteiger partial charge in [-0.25, -0.2) is 9.59 Å². The second-order valence-electron chi connectivity index (χ2n) is 26.4. The van der Waals surface area contributed by atoms with E-state index < -0.39 is 24.1 Å². The molecule has 2 atom stereocenters. The number of carboxylic acids is 2. The van der Waals surface area contributed by atoms with Gasteiger partial charge in [-0.15, -0.1) is 0 Å². The van der Waals surface area contributed by atoms with Gasteiger partial charge in [0.1, 0.15) is 12.6 Å². The summed E-state index contributed by atoms with van der Waals surface area (Å²) in [5.41, 5.74) is 6.85. The Morgan fingerprint density at radius 3 is 1.32 bits per heavy atom. The fourth-order valence-corrected chi connectivity index (χ4v) is 5.64. The maximum Gasteiger partial charge on any atom is 0.407 e. The zero-order valence-corrected chi connectivity index (χ0v) is 49.0. The molecular weight excluding hydrogens is 877 g/mol. The molecule has 3 amide bonds. The van der Waals surface area contributed by atoms with E-state index in [-0.39, 0.29) is 35.9 Å². The highest BCUT2D eigenvalue weighted by molar-refractivity contribution is 5.79. The summed E-state index contributed by atoms with van der Waals surface area (Å²) in [6.07, 6.45) is 10.6. The molecule has 0 spiro atoms. The van der Waals surface area contributed by atoms with Gasteiger partial charge in [-0.2, -0.15) is 0 Å². The van der Waals surface area contributed by atoms with Crippen LogP contribution in [0.4, 0.5) is 4.79 Å². The third-order valence-electron chi connectivity index (χ3n) is 9.77. The summed E-state index contributed by atoms with van der Waals surface area (Å²) in [4.78, 5) is 59.3. The number of ether oxygens (including phenoxy) is 2. The van der Waals surface area contributed by atoms with Crippen molar-refractivity contribution in [2.24, 2.45) is 44.1 Å². The van der Waals surface area contributed by atoms with Gasteiger partial charge in [-0.1, -0.05) is 164 Å². The van der Waals surface area contributed by atoms with E-state index >= 15 is 0 Å². The first kappa shape index (κ1) is 75.0. The summed E-state index contributed by atoms with van der Waals surface area (Å²) in [6.45, 7) is 47.3. The number of rotatable bonds is 19. The minimum absolute atomic E-state index is 0.110. The molecule has 0 bridgehead atoms. The molecule has 0 aromatic rings. The van der Waals surface area contributed by atoms with Crippen LogP contribution in [0, 0.1) is 38.4 Å². The van der Waals surface area contributed by atoms with E-state index in [4.69, 9.17) is 30.5 Å². The molecule has 0 saturated carbocycles. The number of aliphatic hydroxyl groups excluding tert-OH is 1. The molecular formula is C55H114N4O10. The average Bonchev–Trinajstić information content (AvgIpc) is 3.12. The van der Waals surface area contributed by atoms with Crippen molar-refractivity contribution in [1.29, 1.82) is 0 Å². The van der Waals surface area contributed by atoms with Crippen LogP contribution >= 0.6 is 0 Å². The third-order valence-corrected chi connectivity index (χ3v) is 9.77. The number of carbonyl (C=O) groups is 5. The second kappa shape index (κ2) is 38.7. The molecule has 1 saturated heterocycles. The van der Waals surface area contributed by atoms with Crippen LogP contribution in [0.5, 0.6) is 0 Å². The number of unbranched alkanes of at least 4 members (excludes halogenated alkanes) is 2. The van der Waals surface area contributed by atoms with Crippen molar-refractivity contribution in [3.05, 3.63) is 0 Å². The van der Waals surface area contributed by atoms with Gasteiger partial charge in [0.05, 0.1) is 12.5 Å². The van der Waals surface area contributed by atoms with Crippen molar-refractivity contribution in [2.45, 2.75) is 228 Å². The minimum atomic E-state index is -1.04. The standard InChI is InChI=1S/C14H27NO5.C11H22N2O.C11H22O2.C8H17NO.C6H14O.C5H12/c1-14(2,3)8-6-5-7-11(12(16)17)15-13(18)20-10-9-19-4;1-11(2,3)9-10(14)13-7-5-12(4)6-8-13;1-9(10(12)13)7-5-6-8-11(2,3)4;1-8(2,3)6-4-5-7(9)10;1-6(2,3)4-5-7;1-5(2,3)4/h11H,5-10H2,1-4H3,(H,15,18)(H,16,17);5-9H2,1-4H3;9H,5-8H2,1-4H3,(H,12,13);4-6H2,1-3H3,(H2,9,10);7H,4-5H2,1-3H3;1-4H3/t11-;;9-;;;/m0.0.../s1. The Kier molecular flexibility index (Phi) is 42.0. The lowest BCUT2D eigenvalue weighted by atomic mass is 9.89. The highest BCUT2D eigenvalue weighted by Gasteiger charge is 2.24. The second-order valence-corrected chi connectivity index (χ2v) is 26.4. The SMILES string of the molecule is CC(C)(C)C.CC(C)(C)CCCC(N)=O.CC(C)(C)CCO.CN1CCN(C(=O)CC(C)(C)C)CC1.COCCOC(=O)N[C@@H](CCCCC(C)(C)C)C(=O)O.C[C@@H](CCCCC(C)(C)C)C(=O)O. The number of carboxylic acid groups (broad SMARTS) is 2. The van der Waals surface area contributed by atoms with Crippen molar-refractivity contribution in [1.82, 2.24) is 15.1 Å². The number of carbonyl (C=O) groups excluding carboxylic acids is 3. The van der Waals surface area contributed by atoms with Gasteiger partial charge in [0.25, 0.3) is 0 Å². The van der Waals surface area contributed by atoms with Crippen molar-refractivity contribution in [3.8, 4) is 0 Å². The van der Waals surface area contributed by atoms with E-state index in [9.17, 15) is 24.0 Å².